The minimum absolute atomic E-state index is 0.0792. The normalized spacial score (nSPS) is 17.9. The van der Waals surface area contributed by atoms with Gasteiger partial charge in [0.25, 0.3) is 14.2 Å². The van der Waals surface area contributed by atoms with Crippen LogP contribution >= 0.6 is 0 Å². The molecule has 49 heavy (non-hydrogen) atoms. The topological polar surface area (TPSA) is 47.6 Å². The molecule has 252 valence electrons. The molecule has 1 fully saturated rings. The molecule has 4 nitrogen and oxygen atoms in total. The molecule has 1 aliphatic carbocycles. The molecule has 0 aliphatic heterocycles. The van der Waals surface area contributed by atoms with E-state index >= 15 is 0 Å². The Morgan fingerprint density at radius 1 is 0.694 bits per heavy atom. The molecule has 0 unspecified atom stereocenters. The Morgan fingerprint density at radius 3 is 1.45 bits per heavy atom. The molecule has 1 aliphatic rings. The van der Waals surface area contributed by atoms with E-state index in [9.17, 15) is 4.79 Å². The van der Waals surface area contributed by atoms with Crippen LogP contribution in [0.1, 0.15) is 57.7 Å². The van der Waals surface area contributed by atoms with Gasteiger partial charge in [-0.1, -0.05) is 186 Å². The van der Waals surface area contributed by atoms with Gasteiger partial charge in [0.15, 0.2) is 5.60 Å². The lowest BCUT2D eigenvalue weighted by molar-refractivity contribution is -0.148. The molecule has 0 saturated heterocycles. The van der Waals surface area contributed by atoms with E-state index in [0.717, 1.165) is 16.7 Å². The second kappa shape index (κ2) is 14.3. The fourth-order valence-corrected chi connectivity index (χ4v) is 12.0. The average molecular weight is 668 g/mol. The summed E-state index contributed by atoms with van der Waals surface area (Å²) >= 11 is 0. The first-order valence-corrected chi connectivity index (χ1v) is 19.4. The van der Waals surface area contributed by atoms with Crippen molar-refractivity contribution in [1.82, 2.24) is 5.32 Å². The number of carbonyl (C=O) groups excluding carboxylic acids is 1. The van der Waals surface area contributed by atoms with Crippen LogP contribution < -0.4 is 15.7 Å². The molecule has 0 heterocycles. The van der Waals surface area contributed by atoms with E-state index in [1.54, 1.807) is 0 Å². The number of carbonyl (C=O) groups is 1. The van der Waals surface area contributed by atoms with Crippen LogP contribution in [0.2, 0.25) is 5.04 Å². The van der Waals surface area contributed by atoms with Gasteiger partial charge < -0.3 is 14.5 Å². The summed E-state index contributed by atoms with van der Waals surface area (Å²) in [6.07, 6.45) is 0.559. The third-order valence-corrected chi connectivity index (χ3v) is 14.9. The SMILES string of the molecule is CC(C)CNC(=O)[C@]1(OC(c2ccccc2)(c2ccccc2)c2ccccc2)C[C@@H]1CO[Si](c1ccccc1)(c1ccccc1)C(C)(C)C. The Labute approximate surface area is 293 Å². The van der Waals surface area contributed by atoms with Crippen molar-refractivity contribution in [2.75, 3.05) is 13.2 Å². The quantitative estimate of drug-likeness (QED) is 0.102. The van der Waals surface area contributed by atoms with Gasteiger partial charge >= 0.3 is 0 Å². The summed E-state index contributed by atoms with van der Waals surface area (Å²) in [4.78, 5) is 14.6. The van der Waals surface area contributed by atoms with Crippen molar-refractivity contribution >= 4 is 24.6 Å². The van der Waals surface area contributed by atoms with Gasteiger partial charge in [-0.05, 0) is 44.4 Å². The summed E-state index contributed by atoms with van der Waals surface area (Å²) < 4.78 is 15.0. The molecule has 0 aromatic heterocycles. The zero-order chi connectivity index (χ0) is 34.5. The fourth-order valence-electron chi connectivity index (χ4n) is 7.35. The minimum atomic E-state index is -2.84. The maximum atomic E-state index is 14.6. The summed E-state index contributed by atoms with van der Waals surface area (Å²) in [7, 11) is -2.84. The number of rotatable bonds is 13. The van der Waals surface area contributed by atoms with Gasteiger partial charge in [0.2, 0.25) is 0 Å². The Bertz CT molecular complexity index is 1650. The van der Waals surface area contributed by atoms with Crippen molar-refractivity contribution in [1.29, 1.82) is 0 Å². The molecule has 5 aromatic rings. The second-order valence-electron chi connectivity index (χ2n) is 14.7. The van der Waals surface area contributed by atoms with Crippen molar-refractivity contribution in [2.45, 2.75) is 57.3 Å². The highest BCUT2D eigenvalue weighted by Crippen LogP contribution is 2.55. The largest absolute Gasteiger partial charge is 0.407 e. The number of nitrogens with one attached hydrogen (secondary N) is 1. The van der Waals surface area contributed by atoms with E-state index < -0.39 is 19.5 Å². The lowest BCUT2D eigenvalue weighted by atomic mass is 9.79. The first kappa shape index (κ1) is 34.6. The van der Waals surface area contributed by atoms with Crippen LogP contribution in [-0.2, 0) is 19.6 Å². The predicted octanol–water partition coefficient (Wildman–Crippen LogP) is 8.10. The van der Waals surface area contributed by atoms with Crippen LogP contribution in [0, 0.1) is 11.8 Å². The van der Waals surface area contributed by atoms with Gasteiger partial charge in [0.05, 0.1) is 0 Å². The van der Waals surface area contributed by atoms with Crippen LogP contribution in [0.5, 0.6) is 0 Å². The van der Waals surface area contributed by atoms with Gasteiger partial charge in [0, 0.05) is 19.1 Å². The molecule has 1 amide bonds. The number of hydrogen-bond donors (Lipinski definition) is 1. The van der Waals surface area contributed by atoms with Gasteiger partial charge in [-0.3, -0.25) is 4.79 Å². The monoisotopic (exact) mass is 667 g/mol. The van der Waals surface area contributed by atoms with E-state index in [1.807, 2.05) is 54.6 Å². The van der Waals surface area contributed by atoms with Gasteiger partial charge in [-0.2, -0.15) is 0 Å². The number of amides is 1. The third kappa shape index (κ3) is 6.68. The van der Waals surface area contributed by atoms with Crippen LogP contribution in [0.15, 0.2) is 152 Å². The maximum Gasteiger partial charge on any atom is 0.261 e. The van der Waals surface area contributed by atoms with Crippen molar-refractivity contribution in [3.63, 3.8) is 0 Å². The molecule has 0 spiro atoms. The molecule has 0 bridgehead atoms. The van der Waals surface area contributed by atoms with Crippen molar-refractivity contribution in [3.05, 3.63) is 168 Å². The van der Waals surface area contributed by atoms with Crippen LogP contribution in [0.4, 0.5) is 0 Å². The molecule has 6 rings (SSSR count). The third-order valence-electron chi connectivity index (χ3n) is 9.90. The lowest BCUT2D eigenvalue weighted by Gasteiger charge is -2.43. The van der Waals surface area contributed by atoms with Crippen molar-refractivity contribution in [3.8, 4) is 0 Å². The van der Waals surface area contributed by atoms with Gasteiger partial charge in [-0.15, -0.1) is 0 Å². The maximum absolute atomic E-state index is 14.6. The highest BCUT2D eigenvalue weighted by molar-refractivity contribution is 6.99. The Kier molecular flexibility index (Phi) is 10.1. The van der Waals surface area contributed by atoms with E-state index in [4.69, 9.17) is 9.16 Å². The molecule has 1 N–H and O–H groups in total. The highest BCUT2D eigenvalue weighted by atomic mass is 28.4. The molecule has 0 radical (unpaired) electrons. The van der Waals surface area contributed by atoms with E-state index in [-0.39, 0.29) is 16.9 Å². The summed E-state index contributed by atoms with van der Waals surface area (Å²) in [5.74, 6) is 0.0647. The van der Waals surface area contributed by atoms with Gasteiger partial charge in [0.1, 0.15) is 5.60 Å². The lowest BCUT2D eigenvalue weighted by Crippen LogP contribution is -2.66. The molecule has 5 aromatic carbocycles. The Morgan fingerprint density at radius 2 is 1.08 bits per heavy atom. The Balaban J connectivity index is 1.47. The van der Waals surface area contributed by atoms with E-state index in [2.05, 4.69) is 137 Å². The molecular weight excluding hydrogens is 619 g/mol. The fraction of sp³-hybridized carbons (Fsp3) is 0.295. The van der Waals surface area contributed by atoms with Crippen LogP contribution in [0.3, 0.4) is 0 Å². The second-order valence-corrected chi connectivity index (χ2v) is 19.1. The molecular formula is C44H49NO3Si. The zero-order valence-electron chi connectivity index (χ0n) is 29.4. The number of ether oxygens (including phenoxy) is 1. The first-order chi connectivity index (χ1) is 23.6. The Hall–Kier alpha value is -4.29. The van der Waals surface area contributed by atoms with Crippen LogP contribution in [0.25, 0.3) is 0 Å². The number of benzene rings is 5. The molecule has 5 heteroatoms. The van der Waals surface area contributed by atoms with Gasteiger partial charge in [-0.25, -0.2) is 0 Å². The molecule has 1 saturated carbocycles. The van der Waals surface area contributed by atoms with Crippen molar-refractivity contribution in [2.24, 2.45) is 11.8 Å². The summed E-state index contributed by atoms with van der Waals surface area (Å²) in [5.41, 5.74) is 0.776. The zero-order valence-corrected chi connectivity index (χ0v) is 30.4. The van der Waals surface area contributed by atoms with Crippen LogP contribution in [-0.4, -0.2) is 33.0 Å². The summed E-state index contributed by atoms with van der Waals surface area (Å²) in [6.45, 7) is 12.1. The summed E-state index contributed by atoms with van der Waals surface area (Å²) in [5, 5.41) is 5.53. The predicted molar refractivity (Wildman–Crippen MR) is 203 cm³/mol. The highest BCUT2D eigenvalue weighted by Gasteiger charge is 2.66. The first-order valence-electron chi connectivity index (χ1n) is 17.5. The minimum Gasteiger partial charge on any atom is -0.407 e. The smallest absolute Gasteiger partial charge is 0.261 e. The summed E-state index contributed by atoms with van der Waals surface area (Å²) in [6, 6.07) is 52.3. The van der Waals surface area contributed by atoms with E-state index in [0.29, 0.717) is 25.5 Å². The standard InChI is InChI=1S/C44H49NO3Si/c1-34(2)32-45-41(46)43(48-44(35-21-11-6-12-22-35,36-23-13-7-14-24-36)37-25-15-8-16-26-37)31-38(43)33-47-49(42(3,4)5,39-27-17-9-18-28-39)40-29-19-10-20-30-40/h6-30,34,38H,31-33H2,1-5H3,(H,45,46)/t38-,43+/m1/s1. The van der Waals surface area contributed by atoms with Crippen molar-refractivity contribution < 1.29 is 14.0 Å². The molecule has 2 atom stereocenters. The average Bonchev–Trinajstić information content (AvgIpc) is 3.84. The van der Waals surface area contributed by atoms with E-state index in [1.165, 1.54) is 10.4 Å². The number of hydrogen-bond acceptors (Lipinski definition) is 3.